The molecule has 7 heteroatoms. The first-order valence-corrected chi connectivity index (χ1v) is 6.83. The number of likely N-dealkylation sites (N-methyl/N-ethyl adjacent to an activating group) is 1. The largest absolute Gasteiger partial charge is 0.366 e. The average molecular weight is 286 g/mol. The van der Waals surface area contributed by atoms with Crippen LogP contribution in [0.1, 0.15) is 0 Å². The zero-order valence-electron chi connectivity index (χ0n) is 11.4. The highest BCUT2D eigenvalue weighted by molar-refractivity contribution is 6.33. The Balaban J connectivity index is 2.19. The van der Waals surface area contributed by atoms with Crippen molar-refractivity contribution in [2.45, 2.75) is 6.54 Å². The van der Waals surface area contributed by atoms with Gasteiger partial charge in [-0.05, 0) is 14.1 Å². The predicted molar refractivity (Wildman–Crippen MR) is 77.1 cm³/mol. The summed E-state index contributed by atoms with van der Waals surface area (Å²) >= 11 is 6.20. The van der Waals surface area contributed by atoms with Crippen molar-refractivity contribution in [1.29, 1.82) is 0 Å². The Labute approximate surface area is 117 Å². The molecule has 106 valence electrons. The lowest BCUT2D eigenvalue weighted by atomic mass is 10.3. The van der Waals surface area contributed by atoms with Gasteiger partial charge in [0.1, 0.15) is 5.02 Å². The van der Waals surface area contributed by atoms with Crippen LogP contribution in [0.15, 0.2) is 11.0 Å². The fraction of sp³-hybridized carbons (Fsp3) is 0.667. The molecule has 2 heterocycles. The van der Waals surface area contributed by atoms with Gasteiger partial charge >= 0.3 is 0 Å². The zero-order chi connectivity index (χ0) is 13.8. The van der Waals surface area contributed by atoms with Gasteiger partial charge in [0.05, 0.1) is 18.4 Å². The minimum absolute atomic E-state index is 0.209. The number of rotatable bonds is 4. The molecule has 0 saturated carbocycles. The smallest absolute Gasteiger partial charge is 0.287 e. The second-order valence-corrected chi connectivity index (χ2v) is 5.29. The van der Waals surface area contributed by atoms with E-state index in [1.165, 1.54) is 4.68 Å². The van der Waals surface area contributed by atoms with E-state index in [9.17, 15) is 4.79 Å². The molecule has 1 aromatic rings. The molecule has 0 spiro atoms. The van der Waals surface area contributed by atoms with Crippen molar-refractivity contribution in [3.8, 4) is 0 Å². The fourth-order valence-corrected chi connectivity index (χ4v) is 2.30. The first kappa shape index (κ1) is 14.3. The fourth-order valence-electron chi connectivity index (χ4n) is 2.04. The van der Waals surface area contributed by atoms with Gasteiger partial charge in [-0.2, -0.15) is 5.10 Å². The third-order valence-corrected chi connectivity index (χ3v) is 3.54. The molecule has 0 atom stereocenters. The normalized spacial score (nSPS) is 16.1. The molecule has 1 aromatic heterocycles. The summed E-state index contributed by atoms with van der Waals surface area (Å²) in [4.78, 5) is 16.3. The van der Waals surface area contributed by atoms with Gasteiger partial charge in [-0.1, -0.05) is 11.6 Å². The molecule has 0 aromatic carbocycles. The Morgan fingerprint density at radius 2 is 2.11 bits per heavy atom. The summed E-state index contributed by atoms with van der Waals surface area (Å²) in [5.74, 6) is 0. The molecule has 1 N–H and O–H groups in total. The van der Waals surface area contributed by atoms with Crippen LogP contribution in [0.2, 0.25) is 5.02 Å². The molecule has 0 aliphatic carbocycles. The topological polar surface area (TPSA) is 53.4 Å². The molecule has 1 saturated heterocycles. The standard InChI is InChI=1S/C12H20ClN5O/c1-16(2)7-8-18-12(19)11(13)10(9-15-18)17-5-3-14-4-6-17/h9,14H,3-8H2,1-2H3. The van der Waals surface area contributed by atoms with Gasteiger partial charge in [0.15, 0.2) is 0 Å². The van der Waals surface area contributed by atoms with Gasteiger partial charge in [0.25, 0.3) is 5.56 Å². The Hall–Kier alpha value is -1.11. The van der Waals surface area contributed by atoms with E-state index in [2.05, 4.69) is 15.3 Å². The van der Waals surface area contributed by atoms with E-state index in [0.717, 1.165) is 38.4 Å². The van der Waals surface area contributed by atoms with Crippen LogP contribution in [0.5, 0.6) is 0 Å². The summed E-state index contributed by atoms with van der Waals surface area (Å²) in [6.07, 6.45) is 1.70. The molecule has 6 nitrogen and oxygen atoms in total. The molecular formula is C12H20ClN5O. The lowest BCUT2D eigenvalue weighted by Gasteiger charge is -2.29. The van der Waals surface area contributed by atoms with Crippen molar-refractivity contribution in [2.24, 2.45) is 0 Å². The minimum Gasteiger partial charge on any atom is -0.366 e. The highest BCUT2D eigenvalue weighted by Gasteiger charge is 2.17. The molecule has 0 amide bonds. The summed E-state index contributed by atoms with van der Waals surface area (Å²) in [5, 5.41) is 7.76. The highest BCUT2D eigenvalue weighted by atomic mass is 35.5. The molecule has 0 bridgehead atoms. The van der Waals surface area contributed by atoms with E-state index >= 15 is 0 Å². The number of piperazine rings is 1. The molecule has 19 heavy (non-hydrogen) atoms. The van der Waals surface area contributed by atoms with Crippen LogP contribution in [0.3, 0.4) is 0 Å². The third-order valence-electron chi connectivity index (χ3n) is 3.18. The number of nitrogens with zero attached hydrogens (tertiary/aromatic N) is 4. The van der Waals surface area contributed by atoms with Crippen LogP contribution in [0.4, 0.5) is 5.69 Å². The number of nitrogens with one attached hydrogen (secondary N) is 1. The van der Waals surface area contributed by atoms with E-state index in [1.807, 2.05) is 19.0 Å². The second kappa shape index (κ2) is 6.36. The number of halogens is 1. The summed E-state index contributed by atoms with van der Waals surface area (Å²) in [6.45, 7) is 4.81. The van der Waals surface area contributed by atoms with E-state index < -0.39 is 0 Å². The lowest BCUT2D eigenvalue weighted by Crippen LogP contribution is -2.44. The third kappa shape index (κ3) is 3.46. The SMILES string of the molecule is CN(C)CCn1ncc(N2CCNCC2)c(Cl)c1=O. The summed E-state index contributed by atoms with van der Waals surface area (Å²) < 4.78 is 1.42. The maximum Gasteiger partial charge on any atom is 0.287 e. The molecule has 2 rings (SSSR count). The minimum atomic E-state index is -0.209. The number of hydrogen-bond donors (Lipinski definition) is 1. The van der Waals surface area contributed by atoms with E-state index in [1.54, 1.807) is 6.20 Å². The quantitative estimate of drug-likeness (QED) is 0.835. The molecular weight excluding hydrogens is 266 g/mol. The molecule has 1 aliphatic rings. The van der Waals surface area contributed by atoms with Crippen molar-refractivity contribution in [3.63, 3.8) is 0 Å². The summed E-state index contributed by atoms with van der Waals surface area (Å²) in [6, 6.07) is 0. The Morgan fingerprint density at radius 3 is 2.74 bits per heavy atom. The van der Waals surface area contributed by atoms with Gasteiger partial charge in [0, 0.05) is 32.7 Å². The van der Waals surface area contributed by atoms with Crippen molar-refractivity contribution in [3.05, 3.63) is 21.6 Å². The molecule has 1 aliphatic heterocycles. The number of anilines is 1. The number of aromatic nitrogens is 2. The predicted octanol–water partition coefficient (Wildman–Crippen LogP) is -0.132. The first-order valence-electron chi connectivity index (χ1n) is 6.45. The van der Waals surface area contributed by atoms with Crippen LogP contribution >= 0.6 is 11.6 Å². The Bertz CT molecular complexity index is 481. The average Bonchev–Trinajstić information content (AvgIpc) is 2.41. The first-order chi connectivity index (χ1) is 9.09. The Morgan fingerprint density at radius 1 is 1.42 bits per heavy atom. The number of hydrogen-bond acceptors (Lipinski definition) is 5. The zero-order valence-corrected chi connectivity index (χ0v) is 12.2. The van der Waals surface area contributed by atoms with Gasteiger partial charge in [-0.15, -0.1) is 0 Å². The van der Waals surface area contributed by atoms with Gasteiger partial charge in [-0.3, -0.25) is 4.79 Å². The summed E-state index contributed by atoms with van der Waals surface area (Å²) in [7, 11) is 3.92. The Kier molecular flexibility index (Phi) is 4.79. The van der Waals surface area contributed by atoms with Crippen molar-refractivity contribution in [1.82, 2.24) is 20.0 Å². The molecule has 0 radical (unpaired) electrons. The van der Waals surface area contributed by atoms with Crippen molar-refractivity contribution < 1.29 is 0 Å². The maximum atomic E-state index is 12.2. The van der Waals surface area contributed by atoms with Crippen LogP contribution in [0.25, 0.3) is 0 Å². The van der Waals surface area contributed by atoms with Crippen LogP contribution < -0.4 is 15.8 Å². The van der Waals surface area contributed by atoms with Gasteiger partial charge < -0.3 is 15.1 Å². The van der Waals surface area contributed by atoms with Crippen molar-refractivity contribution >= 4 is 17.3 Å². The van der Waals surface area contributed by atoms with Gasteiger partial charge in [-0.25, -0.2) is 4.68 Å². The van der Waals surface area contributed by atoms with Crippen LogP contribution in [-0.4, -0.2) is 61.5 Å². The van der Waals surface area contributed by atoms with Crippen LogP contribution in [-0.2, 0) is 6.54 Å². The van der Waals surface area contributed by atoms with Crippen molar-refractivity contribution in [2.75, 3.05) is 51.7 Å². The molecule has 0 unspecified atom stereocenters. The summed E-state index contributed by atoms with van der Waals surface area (Å²) in [5.41, 5.74) is 0.536. The van der Waals surface area contributed by atoms with Gasteiger partial charge in [0.2, 0.25) is 0 Å². The van der Waals surface area contributed by atoms with E-state index in [-0.39, 0.29) is 10.6 Å². The lowest BCUT2D eigenvalue weighted by molar-refractivity contribution is 0.367. The van der Waals surface area contributed by atoms with Crippen LogP contribution in [0, 0.1) is 0 Å². The highest BCUT2D eigenvalue weighted by Crippen LogP contribution is 2.20. The monoisotopic (exact) mass is 285 g/mol. The van der Waals surface area contributed by atoms with E-state index in [0.29, 0.717) is 6.54 Å². The van der Waals surface area contributed by atoms with E-state index in [4.69, 9.17) is 11.6 Å². The maximum absolute atomic E-state index is 12.2. The second-order valence-electron chi connectivity index (χ2n) is 4.91. The molecule has 1 fully saturated rings.